The van der Waals surface area contributed by atoms with E-state index in [4.69, 9.17) is 4.74 Å². The normalized spacial score (nSPS) is 19.3. The first-order chi connectivity index (χ1) is 13.2. The maximum Gasteiger partial charge on any atom is 0.253 e. The van der Waals surface area contributed by atoms with E-state index in [1.54, 1.807) is 0 Å². The Morgan fingerprint density at radius 2 is 1.85 bits per heavy atom. The van der Waals surface area contributed by atoms with Crippen LogP contribution in [0.2, 0.25) is 0 Å². The molecule has 2 aromatic rings. The lowest BCUT2D eigenvalue weighted by atomic mass is 10.2. The second kappa shape index (κ2) is 7.92. The fourth-order valence-electron chi connectivity index (χ4n) is 3.47. The SMILES string of the molecule is Cc1cc(Nc2ccc(NC(=O)[C@H]3CCCO3)cc2)nc(N2CCCC2)n1. The average Bonchev–Trinajstić information content (AvgIpc) is 3.37. The summed E-state index contributed by atoms with van der Waals surface area (Å²) in [5.74, 6) is 1.49. The number of carbonyl (C=O) groups is 1. The highest BCUT2D eigenvalue weighted by Gasteiger charge is 2.23. The number of nitrogens with one attached hydrogen (secondary N) is 2. The third-order valence-corrected chi connectivity index (χ3v) is 4.88. The van der Waals surface area contributed by atoms with E-state index in [0.29, 0.717) is 6.61 Å². The molecule has 0 radical (unpaired) electrons. The zero-order valence-electron chi connectivity index (χ0n) is 15.6. The Labute approximate surface area is 159 Å². The summed E-state index contributed by atoms with van der Waals surface area (Å²) in [6, 6.07) is 9.55. The summed E-state index contributed by atoms with van der Waals surface area (Å²) in [7, 11) is 0. The molecule has 2 aliphatic heterocycles. The molecular weight excluding hydrogens is 342 g/mol. The molecule has 2 saturated heterocycles. The Bertz CT molecular complexity index is 797. The van der Waals surface area contributed by atoms with Crippen molar-refractivity contribution in [2.45, 2.75) is 38.7 Å². The Hall–Kier alpha value is -2.67. The van der Waals surface area contributed by atoms with Gasteiger partial charge in [-0.1, -0.05) is 0 Å². The Morgan fingerprint density at radius 3 is 2.56 bits per heavy atom. The van der Waals surface area contributed by atoms with Crippen molar-refractivity contribution >= 4 is 29.0 Å². The minimum absolute atomic E-state index is 0.0742. The topological polar surface area (TPSA) is 79.4 Å². The molecule has 0 aliphatic carbocycles. The van der Waals surface area contributed by atoms with Gasteiger partial charge in [0, 0.05) is 42.8 Å². The fraction of sp³-hybridized carbons (Fsp3) is 0.450. The molecule has 27 heavy (non-hydrogen) atoms. The van der Waals surface area contributed by atoms with Crippen molar-refractivity contribution in [1.82, 2.24) is 9.97 Å². The van der Waals surface area contributed by atoms with E-state index in [1.165, 1.54) is 12.8 Å². The maximum atomic E-state index is 12.1. The smallest absolute Gasteiger partial charge is 0.253 e. The lowest BCUT2D eigenvalue weighted by molar-refractivity contribution is -0.124. The molecule has 2 aliphatic rings. The van der Waals surface area contributed by atoms with Gasteiger partial charge in [0.2, 0.25) is 5.95 Å². The Morgan fingerprint density at radius 1 is 1.11 bits per heavy atom. The minimum Gasteiger partial charge on any atom is -0.368 e. The van der Waals surface area contributed by atoms with Crippen molar-refractivity contribution in [2.75, 3.05) is 35.2 Å². The van der Waals surface area contributed by atoms with E-state index in [-0.39, 0.29) is 12.0 Å². The second-order valence-electron chi connectivity index (χ2n) is 7.08. The molecule has 4 rings (SSSR count). The van der Waals surface area contributed by atoms with Crippen LogP contribution in [0.15, 0.2) is 30.3 Å². The highest BCUT2D eigenvalue weighted by atomic mass is 16.5. The second-order valence-corrected chi connectivity index (χ2v) is 7.08. The molecule has 7 nitrogen and oxygen atoms in total. The highest BCUT2D eigenvalue weighted by Crippen LogP contribution is 2.22. The standard InChI is InChI=1S/C20H25N5O2/c1-14-13-18(24-20(21-14)25-10-2-3-11-25)22-15-6-8-16(9-7-15)23-19(26)17-5-4-12-27-17/h6-9,13,17H,2-5,10-12H2,1H3,(H,23,26)(H,21,22,24)/t17-/m1/s1. The van der Waals surface area contributed by atoms with Crippen LogP contribution in [0.4, 0.5) is 23.1 Å². The number of nitrogens with zero attached hydrogens (tertiary/aromatic N) is 3. The number of hydrogen-bond donors (Lipinski definition) is 2. The molecule has 0 saturated carbocycles. The van der Waals surface area contributed by atoms with Crippen molar-refractivity contribution in [3.63, 3.8) is 0 Å². The Kier molecular flexibility index (Phi) is 5.20. The molecule has 3 heterocycles. The summed E-state index contributed by atoms with van der Waals surface area (Å²) in [6.07, 6.45) is 3.80. The van der Waals surface area contributed by atoms with E-state index >= 15 is 0 Å². The number of anilines is 4. The van der Waals surface area contributed by atoms with Crippen LogP contribution in [-0.4, -0.2) is 41.7 Å². The van der Waals surface area contributed by atoms with Gasteiger partial charge in [-0.3, -0.25) is 4.79 Å². The van der Waals surface area contributed by atoms with E-state index in [9.17, 15) is 4.79 Å². The monoisotopic (exact) mass is 367 g/mol. The predicted molar refractivity (Wildman–Crippen MR) is 106 cm³/mol. The average molecular weight is 367 g/mol. The van der Waals surface area contributed by atoms with Gasteiger partial charge in [0.1, 0.15) is 11.9 Å². The van der Waals surface area contributed by atoms with E-state index < -0.39 is 0 Å². The van der Waals surface area contributed by atoms with Gasteiger partial charge in [-0.2, -0.15) is 4.98 Å². The number of amides is 1. The zero-order valence-corrected chi connectivity index (χ0v) is 15.6. The van der Waals surface area contributed by atoms with Gasteiger partial charge in [0.05, 0.1) is 0 Å². The van der Waals surface area contributed by atoms with Crippen molar-refractivity contribution in [2.24, 2.45) is 0 Å². The van der Waals surface area contributed by atoms with Crippen LogP contribution >= 0.6 is 0 Å². The highest BCUT2D eigenvalue weighted by molar-refractivity contribution is 5.94. The van der Waals surface area contributed by atoms with Gasteiger partial charge in [-0.25, -0.2) is 4.98 Å². The molecular formula is C20H25N5O2. The molecule has 1 aromatic carbocycles. The summed E-state index contributed by atoms with van der Waals surface area (Å²) < 4.78 is 5.41. The summed E-state index contributed by atoms with van der Waals surface area (Å²) in [4.78, 5) is 23.6. The quantitative estimate of drug-likeness (QED) is 0.845. The summed E-state index contributed by atoms with van der Waals surface area (Å²) in [5.41, 5.74) is 2.61. The number of aryl methyl sites for hydroxylation is 1. The van der Waals surface area contributed by atoms with E-state index in [0.717, 1.165) is 54.8 Å². The van der Waals surface area contributed by atoms with Crippen molar-refractivity contribution in [3.8, 4) is 0 Å². The third kappa shape index (κ3) is 4.36. The first-order valence-electron chi connectivity index (χ1n) is 9.57. The number of ether oxygens (including phenoxy) is 1. The number of hydrogen-bond acceptors (Lipinski definition) is 6. The van der Waals surface area contributed by atoms with Crippen LogP contribution in [0.1, 0.15) is 31.4 Å². The molecule has 1 amide bonds. The Balaban J connectivity index is 1.41. The maximum absolute atomic E-state index is 12.1. The van der Waals surface area contributed by atoms with Crippen LogP contribution in [-0.2, 0) is 9.53 Å². The third-order valence-electron chi connectivity index (χ3n) is 4.88. The first kappa shape index (κ1) is 17.7. The van der Waals surface area contributed by atoms with Crippen LogP contribution in [0.3, 0.4) is 0 Å². The van der Waals surface area contributed by atoms with Gasteiger partial charge < -0.3 is 20.3 Å². The largest absolute Gasteiger partial charge is 0.368 e. The molecule has 0 spiro atoms. The number of aromatic nitrogens is 2. The molecule has 7 heteroatoms. The predicted octanol–water partition coefficient (Wildman–Crippen LogP) is 3.25. The first-order valence-corrected chi connectivity index (χ1v) is 9.57. The van der Waals surface area contributed by atoms with E-state index in [1.807, 2.05) is 37.3 Å². The van der Waals surface area contributed by atoms with Crippen LogP contribution in [0.5, 0.6) is 0 Å². The summed E-state index contributed by atoms with van der Waals surface area (Å²) in [5, 5.41) is 6.24. The molecule has 2 N–H and O–H groups in total. The van der Waals surface area contributed by atoms with Crippen LogP contribution < -0.4 is 15.5 Å². The van der Waals surface area contributed by atoms with Crippen LogP contribution in [0, 0.1) is 6.92 Å². The number of benzene rings is 1. The molecule has 0 unspecified atom stereocenters. The van der Waals surface area contributed by atoms with Crippen LogP contribution in [0.25, 0.3) is 0 Å². The van der Waals surface area contributed by atoms with Gasteiger partial charge >= 0.3 is 0 Å². The number of carbonyl (C=O) groups excluding carboxylic acids is 1. The molecule has 1 aromatic heterocycles. The van der Waals surface area contributed by atoms with Crippen molar-refractivity contribution in [3.05, 3.63) is 36.0 Å². The van der Waals surface area contributed by atoms with Crippen molar-refractivity contribution in [1.29, 1.82) is 0 Å². The van der Waals surface area contributed by atoms with Gasteiger partial charge in [0.15, 0.2) is 0 Å². The molecule has 2 fully saturated rings. The van der Waals surface area contributed by atoms with Gasteiger partial charge in [0.25, 0.3) is 5.91 Å². The molecule has 0 bridgehead atoms. The summed E-state index contributed by atoms with van der Waals surface area (Å²) in [6.45, 7) is 4.68. The van der Waals surface area contributed by atoms with Crippen molar-refractivity contribution < 1.29 is 9.53 Å². The molecule has 142 valence electrons. The lowest BCUT2D eigenvalue weighted by Crippen LogP contribution is -2.26. The fourth-order valence-corrected chi connectivity index (χ4v) is 3.47. The van der Waals surface area contributed by atoms with Gasteiger partial charge in [-0.05, 0) is 56.9 Å². The number of rotatable bonds is 5. The zero-order chi connectivity index (χ0) is 18.6. The minimum atomic E-state index is -0.323. The summed E-state index contributed by atoms with van der Waals surface area (Å²) >= 11 is 0. The lowest BCUT2D eigenvalue weighted by Gasteiger charge is -2.17. The van der Waals surface area contributed by atoms with E-state index in [2.05, 4.69) is 25.5 Å². The molecule has 1 atom stereocenters. The van der Waals surface area contributed by atoms with Gasteiger partial charge in [-0.15, -0.1) is 0 Å².